The zero-order valence-corrected chi connectivity index (χ0v) is 19.9. The Morgan fingerprint density at radius 2 is 1.88 bits per heavy atom. The molecule has 0 radical (unpaired) electrons. The third-order valence-electron chi connectivity index (χ3n) is 5.03. The zero-order chi connectivity index (χ0) is 24.3. The number of aryl methyl sites for hydroxylation is 1. The number of amides is 2. The highest BCUT2D eigenvalue weighted by atomic mass is 32.1. The second-order valence-electron chi connectivity index (χ2n) is 7.82. The topological polar surface area (TPSA) is 121 Å². The van der Waals surface area contributed by atoms with E-state index in [-0.39, 0.29) is 27.8 Å². The van der Waals surface area contributed by atoms with Crippen molar-refractivity contribution in [3.8, 4) is 5.75 Å². The predicted molar refractivity (Wildman–Crippen MR) is 125 cm³/mol. The minimum absolute atomic E-state index is 0.0319. The Morgan fingerprint density at radius 1 is 1.15 bits per heavy atom. The lowest BCUT2D eigenvalue weighted by Gasteiger charge is -2.14. The van der Waals surface area contributed by atoms with Crippen LogP contribution in [-0.2, 0) is 11.3 Å². The number of nitrogens with one attached hydrogen (secondary N) is 1. The summed E-state index contributed by atoms with van der Waals surface area (Å²) in [5.41, 5.74) is 7.97. The van der Waals surface area contributed by atoms with E-state index in [1.807, 2.05) is 25.1 Å². The number of anilines is 1. The van der Waals surface area contributed by atoms with Crippen molar-refractivity contribution in [1.29, 1.82) is 0 Å². The van der Waals surface area contributed by atoms with Gasteiger partial charge >= 0.3 is 5.97 Å². The number of methoxy groups -OCH3 is 1. The van der Waals surface area contributed by atoms with Crippen LogP contribution in [0.2, 0.25) is 0 Å². The maximum atomic E-state index is 12.7. The van der Waals surface area contributed by atoms with E-state index in [1.165, 1.54) is 13.2 Å². The molecule has 0 aliphatic heterocycles. The van der Waals surface area contributed by atoms with E-state index in [0.717, 1.165) is 28.2 Å². The minimum Gasteiger partial charge on any atom is -0.485 e. The lowest BCUT2D eigenvalue weighted by atomic mass is 10.0. The van der Waals surface area contributed by atoms with Gasteiger partial charge in [-0.25, -0.2) is 4.79 Å². The lowest BCUT2D eigenvalue weighted by molar-refractivity contribution is 0.0601. The molecule has 3 N–H and O–H groups in total. The van der Waals surface area contributed by atoms with Gasteiger partial charge in [0.25, 0.3) is 11.8 Å². The van der Waals surface area contributed by atoms with E-state index < -0.39 is 17.8 Å². The SMILES string of the molecule is COC(=O)c1c(NC(=O)c2ccc(COc3cc(C)ccc3C(C)C)o2)sc(C(N)=O)c1C. The van der Waals surface area contributed by atoms with E-state index in [2.05, 4.69) is 19.2 Å². The number of carbonyl (C=O) groups is 3. The van der Waals surface area contributed by atoms with Gasteiger partial charge in [-0.1, -0.05) is 26.0 Å². The van der Waals surface area contributed by atoms with Crippen LogP contribution in [-0.4, -0.2) is 24.9 Å². The van der Waals surface area contributed by atoms with E-state index in [9.17, 15) is 14.4 Å². The van der Waals surface area contributed by atoms with E-state index in [4.69, 9.17) is 19.6 Å². The summed E-state index contributed by atoms with van der Waals surface area (Å²) >= 11 is 0.907. The Bertz CT molecular complexity index is 1210. The second kappa shape index (κ2) is 9.91. The molecule has 0 aliphatic carbocycles. The van der Waals surface area contributed by atoms with Gasteiger partial charge in [0.2, 0.25) is 0 Å². The van der Waals surface area contributed by atoms with Gasteiger partial charge in [-0.05, 0) is 54.7 Å². The highest BCUT2D eigenvalue weighted by Crippen LogP contribution is 2.34. The molecular weight excluding hydrogens is 444 g/mol. The third kappa shape index (κ3) is 5.25. The van der Waals surface area contributed by atoms with Crippen LogP contribution in [0.25, 0.3) is 0 Å². The van der Waals surface area contributed by atoms with Gasteiger partial charge < -0.3 is 24.9 Å². The second-order valence-corrected chi connectivity index (χ2v) is 8.84. The Kier molecular flexibility index (Phi) is 7.23. The normalized spacial score (nSPS) is 10.8. The summed E-state index contributed by atoms with van der Waals surface area (Å²) < 4.78 is 16.4. The molecule has 2 amide bonds. The first-order chi connectivity index (χ1) is 15.6. The number of primary amides is 1. The number of furan rings is 1. The number of esters is 1. The van der Waals surface area contributed by atoms with Crippen molar-refractivity contribution in [1.82, 2.24) is 0 Å². The van der Waals surface area contributed by atoms with Crippen LogP contribution >= 0.6 is 11.3 Å². The fourth-order valence-electron chi connectivity index (χ4n) is 3.32. The molecule has 0 saturated heterocycles. The van der Waals surface area contributed by atoms with Gasteiger partial charge in [-0.3, -0.25) is 9.59 Å². The van der Waals surface area contributed by atoms with Crippen LogP contribution in [0.1, 0.15) is 72.8 Å². The Hall–Kier alpha value is -3.59. The monoisotopic (exact) mass is 470 g/mol. The van der Waals surface area contributed by atoms with Crippen LogP contribution in [0.3, 0.4) is 0 Å². The minimum atomic E-state index is -0.697. The highest BCUT2D eigenvalue weighted by molar-refractivity contribution is 7.18. The van der Waals surface area contributed by atoms with Crippen LogP contribution in [0.5, 0.6) is 5.75 Å². The summed E-state index contributed by atoms with van der Waals surface area (Å²) in [6.07, 6.45) is 0. The molecular formula is C24H26N2O6S. The fraction of sp³-hybridized carbons (Fsp3) is 0.292. The van der Waals surface area contributed by atoms with Crippen molar-refractivity contribution in [2.24, 2.45) is 5.73 Å². The molecule has 9 heteroatoms. The maximum Gasteiger partial charge on any atom is 0.341 e. The first kappa shape index (κ1) is 24.1. The number of carbonyl (C=O) groups excluding carboxylic acids is 3. The molecule has 0 aliphatic rings. The number of rotatable bonds is 8. The average Bonchev–Trinajstić information content (AvgIpc) is 3.36. The lowest BCUT2D eigenvalue weighted by Crippen LogP contribution is -2.14. The van der Waals surface area contributed by atoms with Crippen LogP contribution in [0.15, 0.2) is 34.7 Å². The largest absolute Gasteiger partial charge is 0.485 e. The summed E-state index contributed by atoms with van der Waals surface area (Å²) in [6, 6.07) is 9.21. The zero-order valence-electron chi connectivity index (χ0n) is 19.1. The Balaban J connectivity index is 1.76. The summed E-state index contributed by atoms with van der Waals surface area (Å²) in [5.74, 6) is -0.404. The number of hydrogen-bond donors (Lipinski definition) is 2. The number of ether oxygens (including phenoxy) is 2. The Morgan fingerprint density at radius 3 is 2.52 bits per heavy atom. The van der Waals surface area contributed by atoms with E-state index >= 15 is 0 Å². The van der Waals surface area contributed by atoms with Gasteiger partial charge in [0.1, 0.15) is 23.1 Å². The first-order valence-corrected chi connectivity index (χ1v) is 11.1. The first-order valence-electron chi connectivity index (χ1n) is 10.3. The molecule has 8 nitrogen and oxygen atoms in total. The van der Waals surface area contributed by atoms with Gasteiger partial charge in [-0.15, -0.1) is 11.3 Å². The quantitative estimate of drug-likeness (QED) is 0.456. The molecule has 2 heterocycles. The molecule has 33 heavy (non-hydrogen) atoms. The van der Waals surface area contributed by atoms with Gasteiger partial charge in [-0.2, -0.15) is 0 Å². The molecule has 2 aromatic heterocycles. The molecule has 3 rings (SSSR count). The highest BCUT2D eigenvalue weighted by Gasteiger charge is 2.26. The van der Waals surface area contributed by atoms with Crippen LogP contribution in [0, 0.1) is 13.8 Å². The summed E-state index contributed by atoms with van der Waals surface area (Å²) in [7, 11) is 1.21. The van der Waals surface area contributed by atoms with Crippen molar-refractivity contribution in [3.05, 3.63) is 69.0 Å². The number of hydrogen-bond acceptors (Lipinski definition) is 7. The number of thiophene rings is 1. The van der Waals surface area contributed by atoms with Gasteiger partial charge in [0, 0.05) is 0 Å². The molecule has 0 unspecified atom stereocenters. The molecule has 0 bridgehead atoms. The van der Waals surface area contributed by atoms with Gasteiger partial charge in [0.05, 0.1) is 17.6 Å². The van der Waals surface area contributed by atoms with Gasteiger partial charge in [0.15, 0.2) is 5.76 Å². The summed E-state index contributed by atoms with van der Waals surface area (Å²) in [5, 5.41) is 2.77. The fourth-order valence-corrected chi connectivity index (χ4v) is 4.36. The van der Waals surface area contributed by atoms with Crippen LogP contribution < -0.4 is 15.8 Å². The van der Waals surface area contributed by atoms with Crippen LogP contribution in [0.4, 0.5) is 5.00 Å². The Labute approximate surface area is 195 Å². The summed E-state index contributed by atoms with van der Waals surface area (Å²) in [4.78, 5) is 36.7. The van der Waals surface area contributed by atoms with E-state index in [1.54, 1.807) is 13.0 Å². The maximum absolute atomic E-state index is 12.7. The van der Waals surface area contributed by atoms with Crippen molar-refractivity contribution in [2.45, 2.75) is 40.2 Å². The third-order valence-corrected chi connectivity index (χ3v) is 6.26. The predicted octanol–water partition coefficient (Wildman–Crippen LogP) is 4.80. The molecule has 0 atom stereocenters. The van der Waals surface area contributed by atoms with Crippen molar-refractivity contribution in [3.63, 3.8) is 0 Å². The van der Waals surface area contributed by atoms with Crippen molar-refractivity contribution in [2.75, 3.05) is 12.4 Å². The molecule has 0 spiro atoms. The molecule has 0 fully saturated rings. The number of nitrogens with two attached hydrogens (primary N) is 1. The smallest absolute Gasteiger partial charge is 0.341 e. The van der Waals surface area contributed by atoms with Crippen molar-refractivity contribution >= 4 is 34.1 Å². The molecule has 174 valence electrons. The standard InChI is InChI=1S/C24H26N2O6S/c1-12(2)16-8-6-13(3)10-18(16)31-11-15-7-9-17(32-15)22(28)26-23-19(24(29)30-5)14(4)20(33-23)21(25)27/h6-10,12H,11H2,1-5H3,(H2,25,27)(H,26,28). The number of benzene rings is 1. The summed E-state index contributed by atoms with van der Waals surface area (Å²) in [6.45, 7) is 7.88. The molecule has 3 aromatic rings. The molecule has 0 saturated carbocycles. The van der Waals surface area contributed by atoms with E-state index in [0.29, 0.717) is 17.2 Å². The van der Waals surface area contributed by atoms with Crippen molar-refractivity contribution < 1.29 is 28.3 Å². The molecule has 1 aromatic carbocycles. The average molecular weight is 471 g/mol.